The van der Waals surface area contributed by atoms with Gasteiger partial charge in [-0.15, -0.1) is 0 Å². The van der Waals surface area contributed by atoms with E-state index in [9.17, 15) is 5.21 Å². The Morgan fingerprint density at radius 2 is 1.90 bits per heavy atom. The number of furan rings is 1. The molecule has 2 aromatic carbocycles. The average Bonchev–Trinajstić information content (AvgIpc) is 2.95. The fourth-order valence-electron chi connectivity index (χ4n) is 2.19. The summed E-state index contributed by atoms with van der Waals surface area (Å²) in [6.07, 6.45) is 1.64. The van der Waals surface area contributed by atoms with Gasteiger partial charge >= 0.3 is 0 Å². The lowest BCUT2D eigenvalue weighted by Crippen LogP contribution is -2.19. The normalized spacial score (nSPS) is 11.9. The zero-order valence-electron chi connectivity index (χ0n) is 11.9. The molecule has 106 valence electrons. The number of aryl methyl sites for hydroxylation is 2. The van der Waals surface area contributed by atoms with Gasteiger partial charge in [0.2, 0.25) is 0 Å². The first-order valence-electron chi connectivity index (χ1n) is 6.71. The highest BCUT2D eigenvalue weighted by atomic mass is 16.5. The molecule has 0 bridgehead atoms. The van der Waals surface area contributed by atoms with Gasteiger partial charge in [0.15, 0.2) is 5.84 Å². The molecule has 0 fully saturated rings. The van der Waals surface area contributed by atoms with E-state index in [1.54, 1.807) is 6.26 Å². The van der Waals surface area contributed by atoms with Crippen molar-refractivity contribution in [3.05, 3.63) is 65.4 Å². The summed E-state index contributed by atoms with van der Waals surface area (Å²) in [6, 6.07) is 13.4. The number of hydrogen-bond acceptors (Lipinski definition) is 3. The van der Waals surface area contributed by atoms with Gasteiger partial charge in [0.25, 0.3) is 0 Å². The highest BCUT2D eigenvalue weighted by molar-refractivity contribution is 6.02. The summed E-state index contributed by atoms with van der Waals surface area (Å²) in [5.74, 6) is 0.404. The van der Waals surface area contributed by atoms with E-state index in [4.69, 9.17) is 4.42 Å². The van der Waals surface area contributed by atoms with Crippen molar-refractivity contribution in [1.82, 2.24) is 5.48 Å². The highest BCUT2D eigenvalue weighted by Gasteiger charge is 2.06. The monoisotopic (exact) mass is 280 g/mol. The molecular weight excluding hydrogens is 264 g/mol. The third-order valence-electron chi connectivity index (χ3n) is 3.56. The molecule has 1 heterocycles. The maximum Gasteiger partial charge on any atom is 0.157 e. The lowest BCUT2D eigenvalue weighted by molar-refractivity contribution is 0.235. The van der Waals surface area contributed by atoms with Gasteiger partial charge in [-0.2, -0.15) is 0 Å². The van der Waals surface area contributed by atoms with Crippen LogP contribution in [0.25, 0.3) is 11.0 Å². The Bertz CT molecular complexity index is 819. The van der Waals surface area contributed by atoms with Crippen LogP contribution in [-0.2, 0) is 0 Å². The maximum absolute atomic E-state index is 9.38. The fourth-order valence-corrected chi connectivity index (χ4v) is 2.19. The Kier molecular flexibility index (Phi) is 3.46. The number of rotatable bonds is 2. The number of benzene rings is 2. The first-order chi connectivity index (χ1) is 10.2. The number of amidine groups is 1. The summed E-state index contributed by atoms with van der Waals surface area (Å²) in [5, 5.41) is 10.4. The smallest absolute Gasteiger partial charge is 0.157 e. The van der Waals surface area contributed by atoms with Gasteiger partial charge in [0.05, 0.1) is 12.0 Å². The predicted molar refractivity (Wildman–Crippen MR) is 83.2 cm³/mol. The molecule has 1 aromatic heterocycles. The van der Waals surface area contributed by atoms with E-state index in [1.165, 1.54) is 11.1 Å². The average molecular weight is 280 g/mol. The minimum Gasteiger partial charge on any atom is -0.464 e. The Labute approximate surface area is 122 Å². The number of hydroxylamine groups is 1. The summed E-state index contributed by atoms with van der Waals surface area (Å²) in [7, 11) is 0. The van der Waals surface area contributed by atoms with Crippen LogP contribution in [0, 0.1) is 13.8 Å². The lowest BCUT2D eigenvalue weighted by Gasteiger charge is -2.06. The van der Waals surface area contributed by atoms with Crippen molar-refractivity contribution in [2.75, 3.05) is 0 Å². The molecule has 3 rings (SSSR count). The van der Waals surface area contributed by atoms with E-state index < -0.39 is 0 Å². The molecule has 0 radical (unpaired) electrons. The Hall–Kier alpha value is -2.59. The van der Waals surface area contributed by atoms with Crippen LogP contribution in [0.15, 0.2) is 58.1 Å². The van der Waals surface area contributed by atoms with Crippen LogP contribution < -0.4 is 5.48 Å². The molecule has 0 aliphatic carbocycles. The molecule has 4 nitrogen and oxygen atoms in total. The van der Waals surface area contributed by atoms with Crippen molar-refractivity contribution in [1.29, 1.82) is 0 Å². The van der Waals surface area contributed by atoms with Crippen LogP contribution in [0.5, 0.6) is 0 Å². The minimum absolute atomic E-state index is 0.404. The van der Waals surface area contributed by atoms with E-state index in [2.05, 4.69) is 17.4 Å². The van der Waals surface area contributed by atoms with Gasteiger partial charge in [0, 0.05) is 10.9 Å². The molecule has 0 saturated heterocycles. The van der Waals surface area contributed by atoms with Crippen LogP contribution in [0.4, 0.5) is 5.69 Å². The second-order valence-electron chi connectivity index (χ2n) is 5.01. The molecule has 2 N–H and O–H groups in total. The van der Waals surface area contributed by atoms with E-state index in [0.717, 1.165) is 22.2 Å². The Balaban J connectivity index is 2.03. The fraction of sp³-hybridized carbons (Fsp3) is 0.118. The molecule has 0 saturated carbocycles. The van der Waals surface area contributed by atoms with Crippen LogP contribution in [-0.4, -0.2) is 11.0 Å². The Morgan fingerprint density at radius 1 is 1.05 bits per heavy atom. The van der Waals surface area contributed by atoms with Crippen LogP contribution in [0.3, 0.4) is 0 Å². The van der Waals surface area contributed by atoms with Crippen molar-refractivity contribution < 1.29 is 9.62 Å². The quantitative estimate of drug-likeness (QED) is 0.422. The van der Waals surface area contributed by atoms with Crippen LogP contribution in [0.2, 0.25) is 0 Å². The van der Waals surface area contributed by atoms with Crippen molar-refractivity contribution >= 4 is 22.5 Å². The summed E-state index contributed by atoms with van der Waals surface area (Å²) >= 11 is 0. The van der Waals surface area contributed by atoms with Gasteiger partial charge in [-0.3, -0.25) is 10.7 Å². The molecule has 3 aromatic rings. The maximum atomic E-state index is 9.38. The summed E-state index contributed by atoms with van der Waals surface area (Å²) in [5.41, 5.74) is 6.95. The molecular formula is C17H16N2O2. The van der Waals surface area contributed by atoms with Crippen molar-refractivity contribution in [3.63, 3.8) is 0 Å². The van der Waals surface area contributed by atoms with Crippen LogP contribution >= 0.6 is 0 Å². The van der Waals surface area contributed by atoms with Crippen molar-refractivity contribution in [2.45, 2.75) is 13.8 Å². The number of fused-ring (bicyclic) bond motifs is 1. The lowest BCUT2D eigenvalue weighted by atomic mass is 10.1. The Morgan fingerprint density at radius 3 is 2.67 bits per heavy atom. The molecule has 0 amide bonds. The second-order valence-corrected chi connectivity index (χ2v) is 5.01. The van der Waals surface area contributed by atoms with Gasteiger partial charge in [-0.05, 0) is 61.4 Å². The van der Waals surface area contributed by atoms with Gasteiger partial charge in [-0.1, -0.05) is 6.07 Å². The zero-order valence-corrected chi connectivity index (χ0v) is 11.9. The molecule has 4 heteroatoms. The van der Waals surface area contributed by atoms with Crippen molar-refractivity contribution in [3.8, 4) is 0 Å². The van der Waals surface area contributed by atoms with E-state index in [0.29, 0.717) is 5.84 Å². The molecule has 0 atom stereocenters. The molecule has 0 aliphatic rings. The number of nitrogens with zero attached hydrogens (tertiary/aromatic N) is 1. The highest BCUT2D eigenvalue weighted by Crippen LogP contribution is 2.20. The third-order valence-corrected chi connectivity index (χ3v) is 3.56. The van der Waals surface area contributed by atoms with Gasteiger partial charge in [0.1, 0.15) is 5.58 Å². The standard InChI is InChI=1S/C17H16N2O2/c1-11-3-5-15(9-12(11)2)18-17(19-20)14-4-6-16-13(10-14)7-8-21-16/h3-10,20H,1-2H3,(H,18,19). The summed E-state index contributed by atoms with van der Waals surface area (Å²) in [4.78, 5) is 4.47. The number of aliphatic imine (C=N–C) groups is 1. The number of hydrogen-bond donors (Lipinski definition) is 2. The minimum atomic E-state index is 0.404. The first-order valence-corrected chi connectivity index (χ1v) is 6.71. The topological polar surface area (TPSA) is 57.8 Å². The number of nitrogens with one attached hydrogen (secondary N) is 1. The van der Waals surface area contributed by atoms with Crippen LogP contribution in [0.1, 0.15) is 16.7 Å². The van der Waals surface area contributed by atoms with E-state index in [-0.39, 0.29) is 0 Å². The molecule has 21 heavy (non-hydrogen) atoms. The van der Waals surface area contributed by atoms with Gasteiger partial charge < -0.3 is 4.42 Å². The predicted octanol–water partition coefficient (Wildman–Crippen LogP) is 4.11. The molecule has 0 aliphatic heterocycles. The third kappa shape index (κ3) is 2.66. The molecule has 0 spiro atoms. The van der Waals surface area contributed by atoms with E-state index in [1.807, 2.05) is 49.4 Å². The van der Waals surface area contributed by atoms with Crippen molar-refractivity contribution in [2.24, 2.45) is 4.99 Å². The largest absolute Gasteiger partial charge is 0.464 e. The summed E-state index contributed by atoms with van der Waals surface area (Å²) in [6.45, 7) is 4.10. The van der Waals surface area contributed by atoms with Gasteiger partial charge in [-0.25, -0.2) is 4.99 Å². The second kappa shape index (κ2) is 5.42. The van der Waals surface area contributed by atoms with E-state index >= 15 is 0 Å². The first kappa shape index (κ1) is 13.4. The SMILES string of the molecule is Cc1ccc(N=C(NO)c2ccc3occc3c2)cc1C. The molecule has 0 unspecified atom stereocenters. The summed E-state index contributed by atoms with van der Waals surface area (Å²) < 4.78 is 5.31. The zero-order chi connectivity index (χ0) is 14.8.